The number of nitrogen functional groups attached to an aromatic ring is 1. The largest absolute Gasteiger partial charge is 0.393 e. The molecule has 1 atom stereocenters. The average Bonchev–Trinajstić information content (AvgIpc) is 2.34. The van der Waals surface area contributed by atoms with Gasteiger partial charge in [0.05, 0.1) is 4.92 Å². The minimum absolute atomic E-state index is 0.00504. The van der Waals surface area contributed by atoms with Gasteiger partial charge in [-0.1, -0.05) is 20.8 Å². The summed E-state index contributed by atoms with van der Waals surface area (Å²) in [6.07, 6.45) is 0. The maximum Gasteiger partial charge on any atom is 0.292 e. The summed E-state index contributed by atoms with van der Waals surface area (Å²) in [4.78, 5) is 21.9. The van der Waals surface area contributed by atoms with E-state index in [1.807, 2.05) is 0 Å². The average molecular weight is 265 g/mol. The molecule has 1 amide bonds. The van der Waals surface area contributed by atoms with Crippen molar-refractivity contribution in [1.29, 1.82) is 0 Å². The number of nitrogens with zero attached hydrogens (tertiary/aromatic N) is 1. The zero-order valence-electron chi connectivity index (χ0n) is 11.3. The van der Waals surface area contributed by atoms with E-state index in [4.69, 9.17) is 5.73 Å². The predicted octanol–water partition coefficient (Wildman–Crippen LogP) is 2.20. The van der Waals surface area contributed by atoms with E-state index >= 15 is 0 Å². The van der Waals surface area contributed by atoms with Gasteiger partial charge < -0.3 is 11.1 Å². The molecule has 0 heterocycles. The molecule has 0 radical (unpaired) electrons. The van der Waals surface area contributed by atoms with Gasteiger partial charge in [0, 0.05) is 18.2 Å². The number of hydrogen-bond acceptors (Lipinski definition) is 4. The number of anilines is 1. The number of rotatable bonds is 5. The van der Waals surface area contributed by atoms with E-state index in [1.54, 1.807) is 0 Å². The number of carbonyl (C=O) groups excluding carboxylic acids is 1. The van der Waals surface area contributed by atoms with Gasteiger partial charge in [0.25, 0.3) is 11.6 Å². The third-order valence-electron chi connectivity index (χ3n) is 3.21. The van der Waals surface area contributed by atoms with Crippen LogP contribution in [0.5, 0.6) is 0 Å². The Kier molecular flexibility index (Phi) is 4.86. The number of hydrogen-bond donors (Lipinski definition) is 2. The second-order valence-corrected chi connectivity index (χ2v) is 4.96. The molecule has 0 spiro atoms. The van der Waals surface area contributed by atoms with Crippen molar-refractivity contribution >= 4 is 17.3 Å². The van der Waals surface area contributed by atoms with E-state index in [1.165, 1.54) is 18.2 Å². The standard InChI is InChI=1S/C13H19N3O3/c1-8(2)9(3)7-15-13(17)10-4-5-12(16(18)19)11(14)6-10/h4-6,8-9H,7,14H2,1-3H3,(H,15,17). The Bertz CT molecular complexity index is 486. The van der Waals surface area contributed by atoms with Crippen molar-refractivity contribution < 1.29 is 9.72 Å². The molecule has 0 aliphatic carbocycles. The van der Waals surface area contributed by atoms with Crippen LogP contribution >= 0.6 is 0 Å². The quantitative estimate of drug-likeness (QED) is 0.484. The molecule has 0 aromatic heterocycles. The molecule has 0 saturated carbocycles. The molecule has 6 heteroatoms. The molecule has 0 saturated heterocycles. The molecule has 19 heavy (non-hydrogen) atoms. The van der Waals surface area contributed by atoms with Crippen LogP contribution in [0.25, 0.3) is 0 Å². The van der Waals surface area contributed by atoms with Crippen molar-refractivity contribution in [3.63, 3.8) is 0 Å². The maximum absolute atomic E-state index is 11.9. The topological polar surface area (TPSA) is 98.3 Å². The molecular formula is C13H19N3O3. The number of nitrogens with two attached hydrogens (primary N) is 1. The van der Waals surface area contributed by atoms with Crippen LogP contribution < -0.4 is 11.1 Å². The number of benzene rings is 1. The summed E-state index contributed by atoms with van der Waals surface area (Å²) in [5.74, 6) is 0.565. The van der Waals surface area contributed by atoms with E-state index in [0.717, 1.165) is 0 Å². The molecule has 1 aromatic rings. The highest BCUT2D eigenvalue weighted by Gasteiger charge is 2.15. The fraction of sp³-hybridized carbons (Fsp3) is 0.462. The summed E-state index contributed by atoms with van der Waals surface area (Å²) in [7, 11) is 0. The molecule has 6 nitrogen and oxygen atoms in total. The molecule has 0 fully saturated rings. The fourth-order valence-electron chi connectivity index (χ4n) is 1.45. The summed E-state index contributed by atoms with van der Waals surface area (Å²) < 4.78 is 0. The minimum Gasteiger partial charge on any atom is -0.393 e. The molecule has 104 valence electrons. The minimum atomic E-state index is -0.572. The van der Waals surface area contributed by atoms with Crippen molar-refractivity contribution in [2.75, 3.05) is 12.3 Å². The van der Waals surface area contributed by atoms with E-state index in [9.17, 15) is 14.9 Å². The summed E-state index contributed by atoms with van der Waals surface area (Å²) in [5.41, 5.74) is 5.68. The van der Waals surface area contributed by atoms with Crippen molar-refractivity contribution in [2.24, 2.45) is 11.8 Å². The first-order valence-electron chi connectivity index (χ1n) is 6.15. The fourth-order valence-corrected chi connectivity index (χ4v) is 1.45. The Hall–Kier alpha value is -2.11. The molecule has 0 aliphatic rings. The lowest BCUT2D eigenvalue weighted by Crippen LogP contribution is -2.30. The lowest BCUT2D eigenvalue weighted by atomic mass is 9.98. The predicted molar refractivity (Wildman–Crippen MR) is 73.8 cm³/mol. The Morgan fingerprint density at radius 1 is 1.42 bits per heavy atom. The van der Waals surface area contributed by atoms with Crippen LogP contribution in [0.1, 0.15) is 31.1 Å². The van der Waals surface area contributed by atoms with Crippen LogP contribution in [0.15, 0.2) is 18.2 Å². The molecule has 1 aromatic carbocycles. The van der Waals surface area contributed by atoms with E-state index < -0.39 is 4.92 Å². The zero-order valence-corrected chi connectivity index (χ0v) is 11.3. The Morgan fingerprint density at radius 3 is 2.53 bits per heavy atom. The maximum atomic E-state index is 11.9. The number of nitrogens with one attached hydrogen (secondary N) is 1. The van der Waals surface area contributed by atoms with E-state index in [-0.39, 0.29) is 17.3 Å². The Morgan fingerprint density at radius 2 is 2.05 bits per heavy atom. The van der Waals surface area contributed by atoms with Gasteiger partial charge in [-0.3, -0.25) is 14.9 Å². The zero-order chi connectivity index (χ0) is 14.6. The second kappa shape index (κ2) is 6.17. The third kappa shape index (κ3) is 3.94. The molecule has 0 aliphatic heterocycles. The normalized spacial score (nSPS) is 12.2. The highest BCUT2D eigenvalue weighted by atomic mass is 16.6. The van der Waals surface area contributed by atoms with Crippen LogP contribution in [0.4, 0.5) is 11.4 Å². The number of amides is 1. The van der Waals surface area contributed by atoms with Crippen molar-refractivity contribution in [3.05, 3.63) is 33.9 Å². The lowest BCUT2D eigenvalue weighted by molar-refractivity contribution is -0.383. The number of nitro groups is 1. The van der Waals surface area contributed by atoms with E-state index in [0.29, 0.717) is 23.9 Å². The van der Waals surface area contributed by atoms with Crippen molar-refractivity contribution in [3.8, 4) is 0 Å². The van der Waals surface area contributed by atoms with Gasteiger partial charge in [-0.15, -0.1) is 0 Å². The smallest absolute Gasteiger partial charge is 0.292 e. The van der Waals surface area contributed by atoms with E-state index in [2.05, 4.69) is 26.1 Å². The highest BCUT2D eigenvalue weighted by Crippen LogP contribution is 2.22. The SMILES string of the molecule is CC(C)C(C)CNC(=O)c1ccc([N+](=O)[O-])c(N)c1. The first kappa shape index (κ1) is 14.9. The summed E-state index contributed by atoms with van der Waals surface area (Å²) >= 11 is 0. The molecule has 0 bridgehead atoms. The first-order valence-corrected chi connectivity index (χ1v) is 6.15. The van der Waals surface area contributed by atoms with Gasteiger partial charge in [0.15, 0.2) is 0 Å². The van der Waals surface area contributed by atoms with Gasteiger partial charge in [-0.25, -0.2) is 0 Å². The van der Waals surface area contributed by atoms with Crippen LogP contribution in [-0.2, 0) is 0 Å². The Balaban J connectivity index is 2.73. The summed E-state index contributed by atoms with van der Waals surface area (Å²) in [6, 6.07) is 3.98. The second-order valence-electron chi connectivity index (χ2n) is 4.96. The number of nitro benzene ring substituents is 1. The summed E-state index contributed by atoms with van der Waals surface area (Å²) in [6.45, 7) is 6.78. The van der Waals surface area contributed by atoms with Gasteiger partial charge >= 0.3 is 0 Å². The molecule has 3 N–H and O–H groups in total. The van der Waals surface area contributed by atoms with Crippen LogP contribution in [-0.4, -0.2) is 17.4 Å². The third-order valence-corrected chi connectivity index (χ3v) is 3.21. The van der Waals surface area contributed by atoms with Crippen LogP contribution in [0.3, 0.4) is 0 Å². The van der Waals surface area contributed by atoms with Gasteiger partial charge in [-0.2, -0.15) is 0 Å². The van der Waals surface area contributed by atoms with Gasteiger partial charge in [0.2, 0.25) is 0 Å². The lowest BCUT2D eigenvalue weighted by Gasteiger charge is -2.16. The molecule has 1 unspecified atom stereocenters. The molecular weight excluding hydrogens is 246 g/mol. The van der Waals surface area contributed by atoms with Crippen molar-refractivity contribution in [1.82, 2.24) is 5.32 Å². The molecule has 1 rings (SSSR count). The summed E-state index contributed by atoms with van der Waals surface area (Å²) in [5, 5.41) is 13.4. The Labute approximate surface area is 112 Å². The number of carbonyl (C=O) groups is 1. The monoisotopic (exact) mass is 265 g/mol. The highest BCUT2D eigenvalue weighted by molar-refractivity contribution is 5.95. The van der Waals surface area contributed by atoms with Gasteiger partial charge in [-0.05, 0) is 24.0 Å². The van der Waals surface area contributed by atoms with Crippen LogP contribution in [0, 0.1) is 22.0 Å². The van der Waals surface area contributed by atoms with Crippen molar-refractivity contribution in [2.45, 2.75) is 20.8 Å². The van der Waals surface area contributed by atoms with Crippen LogP contribution in [0.2, 0.25) is 0 Å². The van der Waals surface area contributed by atoms with Gasteiger partial charge in [0.1, 0.15) is 5.69 Å². The first-order chi connectivity index (χ1) is 8.82.